The van der Waals surface area contributed by atoms with Crippen LogP contribution in [0.4, 0.5) is 5.82 Å². The molecule has 2 N–H and O–H groups in total. The number of nitrogens with zero attached hydrogens (tertiary/aromatic N) is 2. The molecule has 1 aromatic carbocycles. The summed E-state index contributed by atoms with van der Waals surface area (Å²) in [5, 5.41) is 12.0. The van der Waals surface area contributed by atoms with Gasteiger partial charge < -0.3 is 5.32 Å². The third-order valence-corrected chi connectivity index (χ3v) is 6.05. The lowest BCUT2D eigenvalue weighted by Gasteiger charge is -2.24. The zero-order valence-corrected chi connectivity index (χ0v) is 16.5. The van der Waals surface area contributed by atoms with E-state index < -0.39 is 0 Å². The number of thiophene rings is 1. The van der Waals surface area contributed by atoms with E-state index in [1.807, 2.05) is 29.6 Å². The summed E-state index contributed by atoms with van der Waals surface area (Å²) in [6, 6.07) is 14.3. The second kappa shape index (κ2) is 8.08. The third-order valence-electron chi connectivity index (χ3n) is 5.14. The number of aromatic amines is 1. The van der Waals surface area contributed by atoms with Crippen LogP contribution in [0.5, 0.6) is 0 Å². The van der Waals surface area contributed by atoms with Gasteiger partial charge in [0.1, 0.15) is 5.82 Å². The first-order chi connectivity index (χ1) is 13.6. The summed E-state index contributed by atoms with van der Waals surface area (Å²) in [5.41, 5.74) is 3.25. The van der Waals surface area contributed by atoms with Gasteiger partial charge in [0.15, 0.2) is 5.78 Å². The number of benzene rings is 1. The van der Waals surface area contributed by atoms with Crippen LogP contribution >= 0.6 is 11.3 Å². The zero-order chi connectivity index (χ0) is 19.5. The molecule has 1 aliphatic heterocycles. The lowest BCUT2D eigenvalue weighted by atomic mass is 10.1. The smallest absolute Gasteiger partial charge is 0.225 e. The number of anilines is 1. The van der Waals surface area contributed by atoms with E-state index in [-0.39, 0.29) is 30.6 Å². The minimum Gasteiger partial charge on any atom is -0.311 e. The first-order valence-corrected chi connectivity index (χ1v) is 10.2. The van der Waals surface area contributed by atoms with Gasteiger partial charge >= 0.3 is 0 Å². The summed E-state index contributed by atoms with van der Waals surface area (Å²) in [4.78, 5) is 27.4. The molecule has 3 aromatic rings. The number of fused-ring (bicyclic) bond motifs is 1. The Bertz CT molecular complexity index is 966. The predicted molar refractivity (Wildman–Crippen MR) is 109 cm³/mol. The van der Waals surface area contributed by atoms with Crippen LogP contribution in [0.3, 0.4) is 0 Å². The molecule has 0 spiro atoms. The standard InChI is InChI=1S/C21H22N4O2S/c1-14(15-6-3-2-4-7-15)25-12-16-17(13-25)23-24-21(16)22-20(27)10-9-18(26)19-8-5-11-28-19/h2-8,11,14H,9-10,12-13H2,1H3,(H2,22,23,24,27). The summed E-state index contributed by atoms with van der Waals surface area (Å²) in [6.45, 7) is 3.65. The van der Waals surface area contributed by atoms with Gasteiger partial charge in [-0.15, -0.1) is 11.3 Å². The van der Waals surface area contributed by atoms with Gasteiger partial charge in [0.05, 0.1) is 10.6 Å². The number of carbonyl (C=O) groups is 2. The highest BCUT2D eigenvalue weighted by molar-refractivity contribution is 7.12. The topological polar surface area (TPSA) is 78.1 Å². The summed E-state index contributed by atoms with van der Waals surface area (Å²) in [6.07, 6.45) is 0.370. The summed E-state index contributed by atoms with van der Waals surface area (Å²) in [5.74, 6) is 0.472. The number of nitrogens with one attached hydrogen (secondary N) is 2. The van der Waals surface area contributed by atoms with Crippen molar-refractivity contribution in [3.8, 4) is 0 Å². The highest BCUT2D eigenvalue weighted by atomic mass is 32.1. The molecule has 1 atom stereocenters. The van der Waals surface area contributed by atoms with E-state index in [0.29, 0.717) is 10.7 Å². The Balaban J connectivity index is 1.35. The number of carbonyl (C=O) groups excluding carboxylic acids is 2. The Morgan fingerprint density at radius 3 is 2.75 bits per heavy atom. The van der Waals surface area contributed by atoms with Crippen molar-refractivity contribution in [1.29, 1.82) is 0 Å². The highest BCUT2D eigenvalue weighted by Crippen LogP contribution is 2.33. The van der Waals surface area contributed by atoms with Gasteiger partial charge in [-0.2, -0.15) is 5.10 Å². The van der Waals surface area contributed by atoms with Gasteiger partial charge in [0, 0.05) is 37.5 Å². The Hall–Kier alpha value is -2.77. The third kappa shape index (κ3) is 3.90. The number of H-pyrrole nitrogens is 1. The molecule has 6 nitrogen and oxygen atoms in total. The molecular formula is C21H22N4O2S. The van der Waals surface area contributed by atoms with Crippen molar-refractivity contribution in [2.45, 2.75) is 38.9 Å². The fraction of sp³-hybridized carbons (Fsp3) is 0.286. The fourth-order valence-corrected chi connectivity index (χ4v) is 4.16. The molecule has 3 heterocycles. The van der Waals surface area contributed by atoms with E-state index in [1.165, 1.54) is 16.9 Å². The Labute approximate surface area is 167 Å². The van der Waals surface area contributed by atoms with Crippen LogP contribution in [-0.2, 0) is 17.9 Å². The first kappa shape index (κ1) is 18.6. The van der Waals surface area contributed by atoms with Gasteiger partial charge in [-0.1, -0.05) is 36.4 Å². The van der Waals surface area contributed by atoms with Crippen molar-refractivity contribution < 1.29 is 9.59 Å². The number of ketones is 1. The molecule has 144 valence electrons. The Morgan fingerprint density at radius 1 is 1.18 bits per heavy atom. The summed E-state index contributed by atoms with van der Waals surface area (Å²) in [7, 11) is 0. The monoisotopic (exact) mass is 394 g/mol. The van der Waals surface area contributed by atoms with E-state index in [4.69, 9.17) is 0 Å². The summed E-state index contributed by atoms with van der Waals surface area (Å²) >= 11 is 1.40. The predicted octanol–water partition coefficient (Wildman–Crippen LogP) is 4.15. The number of hydrogen-bond donors (Lipinski definition) is 2. The molecule has 1 amide bonds. The molecule has 0 saturated carbocycles. The minimum atomic E-state index is -0.175. The van der Waals surface area contributed by atoms with Gasteiger partial charge in [-0.3, -0.25) is 19.6 Å². The van der Waals surface area contributed by atoms with Gasteiger partial charge in [-0.25, -0.2) is 0 Å². The van der Waals surface area contributed by atoms with E-state index >= 15 is 0 Å². The number of hydrogen-bond acceptors (Lipinski definition) is 5. The number of aromatic nitrogens is 2. The van der Waals surface area contributed by atoms with Crippen LogP contribution in [0.2, 0.25) is 0 Å². The average molecular weight is 395 g/mol. The van der Waals surface area contributed by atoms with Crippen LogP contribution in [0.25, 0.3) is 0 Å². The normalized spacial score (nSPS) is 14.6. The van der Waals surface area contributed by atoms with Crippen molar-refractivity contribution in [2.75, 3.05) is 5.32 Å². The molecule has 0 radical (unpaired) electrons. The van der Waals surface area contributed by atoms with Crippen molar-refractivity contribution >= 4 is 28.8 Å². The molecule has 0 saturated heterocycles. The lowest BCUT2D eigenvalue weighted by molar-refractivity contribution is -0.116. The van der Waals surface area contributed by atoms with Crippen LogP contribution < -0.4 is 5.32 Å². The SMILES string of the molecule is CC(c1ccccc1)N1Cc2n[nH]c(NC(=O)CCC(=O)c3cccs3)c2C1. The molecule has 0 bridgehead atoms. The maximum absolute atomic E-state index is 12.3. The number of amides is 1. The summed E-state index contributed by atoms with van der Waals surface area (Å²) < 4.78 is 0. The first-order valence-electron chi connectivity index (χ1n) is 9.33. The molecule has 28 heavy (non-hydrogen) atoms. The van der Waals surface area contributed by atoms with Crippen LogP contribution in [0.15, 0.2) is 47.8 Å². The quantitative estimate of drug-likeness (QED) is 0.590. The molecule has 0 aliphatic carbocycles. The average Bonchev–Trinajstić information content (AvgIpc) is 3.45. The molecule has 7 heteroatoms. The molecule has 0 fully saturated rings. The van der Waals surface area contributed by atoms with Gasteiger partial charge in [0.25, 0.3) is 0 Å². The van der Waals surface area contributed by atoms with Crippen LogP contribution in [-0.4, -0.2) is 26.8 Å². The number of Topliss-reactive ketones (excluding diaryl/α,β-unsaturated/α-hetero) is 1. The van der Waals surface area contributed by atoms with Crippen molar-refractivity contribution in [2.24, 2.45) is 0 Å². The van der Waals surface area contributed by atoms with E-state index in [0.717, 1.165) is 24.3 Å². The maximum Gasteiger partial charge on any atom is 0.225 e. The fourth-order valence-electron chi connectivity index (χ4n) is 3.46. The minimum absolute atomic E-state index is 0.00264. The van der Waals surface area contributed by atoms with Crippen molar-refractivity contribution in [3.63, 3.8) is 0 Å². The van der Waals surface area contributed by atoms with E-state index in [1.54, 1.807) is 6.07 Å². The largest absolute Gasteiger partial charge is 0.311 e. The Morgan fingerprint density at radius 2 is 2.00 bits per heavy atom. The van der Waals surface area contributed by atoms with Crippen LogP contribution in [0, 0.1) is 0 Å². The van der Waals surface area contributed by atoms with Gasteiger partial charge in [-0.05, 0) is 23.9 Å². The van der Waals surface area contributed by atoms with Crippen LogP contribution in [0.1, 0.15) is 52.3 Å². The Kier molecular flexibility index (Phi) is 5.36. The molecular weight excluding hydrogens is 372 g/mol. The molecule has 4 rings (SSSR count). The van der Waals surface area contributed by atoms with Crippen molar-refractivity contribution in [3.05, 3.63) is 69.5 Å². The maximum atomic E-state index is 12.3. The highest BCUT2D eigenvalue weighted by Gasteiger charge is 2.29. The lowest BCUT2D eigenvalue weighted by Crippen LogP contribution is -2.22. The zero-order valence-electron chi connectivity index (χ0n) is 15.6. The number of rotatable bonds is 7. The molecule has 1 unspecified atom stereocenters. The van der Waals surface area contributed by atoms with Gasteiger partial charge in [0.2, 0.25) is 5.91 Å². The van der Waals surface area contributed by atoms with E-state index in [9.17, 15) is 9.59 Å². The van der Waals surface area contributed by atoms with E-state index in [2.05, 4.69) is 39.5 Å². The molecule has 2 aromatic heterocycles. The second-order valence-electron chi connectivity index (χ2n) is 6.96. The second-order valence-corrected chi connectivity index (χ2v) is 7.91. The van der Waals surface area contributed by atoms with Crippen molar-refractivity contribution in [1.82, 2.24) is 15.1 Å². The molecule has 1 aliphatic rings.